The third-order valence-corrected chi connectivity index (χ3v) is 5.41. The molecule has 6 heteroatoms. The molecule has 0 bridgehead atoms. The van der Waals surface area contributed by atoms with Crippen molar-refractivity contribution in [3.63, 3.8) is 0 Å². The molecule has 132 valence electrons. The van der Waals surface area contributed by atoms with Gasteiger partial charge in [0.15, 0.2) is 0 Å². The summed E-state index contributed by atoms with van der Waals surface area (Å²) in [5, 5.41) is 4.12. The molecule has 1 heterocycles. The number of para-hydroxylation sites is 1. The summed E-state index contributed by atoms with van der Waals surface area (Å²) < 4.78 is 3.91. The zero-order valence-electron chi connectivity index (χ0n) is 14.3. The number of halogens is 2. The lowest BCUT2D eigenvalue weighted by Gasteiger charge is -2.11. The molecular formula is C20H17Br2N3O. The fourth-order valence-corrected chi connectivity index (χ4v) is 3.72. The summed E-state index contributed by atoms with van der Waals surface area (Å²) in [6.45, 7) is 4.08. The van der Waals surface area contributed by atoms with Crippen LogP contribution in [0.15, 0.2) is 68.6 Å². The van der Waals surface area contributed by atoms with Gasteiger partial charge in [0.1, 0.15) is 0 Å². The number of aryl methyl sites for hydroxylation is 1. The highest BCUT2D eigenvalue weighted by Gasteiger charge is 2.12. The van der Waals surface area contributed by atoms with Crippen LogP contribution in [0, 0.1) is 13.8 Å². The van der Waals surface area contributed by atoms with E-state index in [1.54, 1.807) is 12.3 Å². The second kappa shape index (κ2) is 8.01. The minimum atomic E-state index is -0.256. The van der Waals surface area contributed by atoms with Gasteiger partial charge in [0.2, 0.25) is 0 Å². The number of hydrogen-bond donors (Lipinski definition) is 1. The minimum Gasteiger partial charge on any atom is -0.317 e. The van der Waals surface area contributed by atoms with Crippen LogP contribution in [-0.4, -0.2) is 16.7 Å². The van der Waals surface area contributed by atoms with Crippen LogP contribution < -0.4 is 5.43 Å². The second-order valence-electron chi connectivity index (χ2n) is 5.79. The molecule has 0 aliphatic heterocycles. The second-order valence-corrected chi connectivity index (χ2v) is 7.50. The summed E-state index contributed by atoms with van der Waals surface area (Å²) in [7, 11) is 0. The van der Waals surface area contributed by atoms with Gasteiger partial charge in [-0.15, -0.1) is 0 Å². The molecular weight excluding hydrogens is 458 g/mol. The molecule has 1 aromatic heterocycles. The maximum atomic E-state index is 12.2. The molecule has 0 aliphatic rings. The number of nitrogens with one attached hydrogen (secondary N) is 1. The van der Waals surface area contributed by atoms with Crippen LogP contribution in [0.3, 0.4) is 0 Å². The molecule has 3 aromatic rings. The lowest BCUT2D eigenvalue weighted by Crippen LogP contribution is -2.18. The van der Waals surface area contributed by atoms with Gasteiger partial charge in [-0.05, 0) is 76.0 Å². The van der Waals surface area contributed by atoms with E-state index < -0.39 is 0 Å². The van der Waals surface area contributed by atoms with Crippen molar-refractivity contribution in [2.75, 3.05) is 0 Å². The fraction of sp³-hybridized carbons (Fsp3) is 0.100. The van der Waals surface area contributed by atoms with Gasteiger partial charge in [-0.25, -0.2) is 5.43 Å². The van der Waals surface area contributed by atoms with Crippen molar-refractivity contribution in [1.29, 1.82) is 0 Å². The Bertz CT molecular complexity index is 992. The monoisotopic (exact) mass is 473 g/mol. The zero-order valence-corrected chi connectivity index (χ0v) is 17.5. The molecule has 0 saturated heterocycles. The summed E-state index contributed by atoms with van der Waals surface area (Å²) in [6.07, 6.45) is 1.67. The molecule has 0 radical (unpaired) electrons. The highest BCUT2D eigenvalue weighted by molar-refractivity contribution is 9.10. The number of nitrogens with zero attached hydrogens (tertiary/aromatic N) is 2. The number of hydrazone groups is 1. The summed E-state index contributed by atoms with van der Waals surface area (Å²) in [4.78, 5) is 12.2. The van der Waals surface area contributed by atoms with Crippen LogP contribution >= 0.6 is 31.9 Å². The van der Waals surface area contributed by atoms with E-state index >= 15 is 0 Å². The van der Waals surface area contributed by atoms with Crippen molar-refractivity contribution in [3.05, 3.63) is 86.1 Å². The van der Waals surface area contributed by atoms with Gasteiger partial charge in [-0.1, -0.05) is 24.3 Å². The summed E-state index contributed by atoms with van der Waals surface area (Å²) >= 11 is 6.97. The van der Waals surface area contributed by atoms with Crippen LogP contribution in [0.5, 0.6) is 0 Å². The number of rotatable bonds is 4. The number of carbonyl (C=O) groups is 1. The normalized spacial score (nSPS) is 11.1. The first kappa shape index (κ1) is 18.6. The lowest BCUT2D eigenvalue weighted by molar-refractivity contribution is 0.0954. The van der Waals surface area contributed by atoms with Gasteiger partial charge >= 0.3 is 0 Å². The SMILES string of the molecule is Cc1cc(/C=N/NC(=O)c2ccccc2Br)c(C)n1-c1ccccc1Br. The van der Waals surface area contributed by atoms with E-state index in [-0.39, 0.29) is 5.91 Å². The Morgan fingerprint density at radius 1 is 1.04 bits per heavy atom. The average molecular weight is 475 g/mol. The predicted molar refractivity (Wildman–Crippen MR) is 112 cm³/mol. The maximum Gasteiger partial charge on any atom is 0.272 e. The lowest BCUT2D eigenvalue weighted by atomic mass is 10.2. The van der Waals surface area contributed by atoms with E-state index in [1.165, 1.54) is 0 Å². The summed E-state index contributed by atoms with van der Waals surface area (Å²) in [5.41, 5.74) is 7.28. The van der Waals surface area contributed by atoms with E-state index in [0.29, 0.717) is 5.56 Å². The summed E-state index contributed by atoms with van der Waals surface area (Å²) in [6, 6.07) is 17.3. The quantitative estimate of drug-likeness (QED) is 0.400. The fourth-order valence-electron chi connectivity index (χ4n) is 2.79. The van der Waals surface area contributed by atoms with Crippen LogP contribution in [-0.2, 0) is 0 Å². The minimum absolute atomic E-state index is 0.256. The number of benzene rings is 2. The Hall–Kier alpha value is -2.18. The topological polar surface area (TPSA) is 46.4 Å². The van der Waals surface area contributed by atoms with E-state index in [1.807, 2.05) is 56.3 Å². The average Bonchev–Trinajstić information content (AvgIpc) is 2.90. The van der Waals surface area contributed by atoms with Crippen LogP contribution in [0.25, 0.3) is 5.69 Å². The van der Waals surface area contributed by atoms with E-state index in [9.17, 15) is 4.79 Å². The molecule has 0 fully saturated rings. The first-order valence-corrected chi connectivity index (χ1v) is 9.59. The molecule has 0 aliphatic carbocycles. The number of amides is 1. The van der Waals surface area contributed by atoms with Crippen LogP contribution in [0.2, 0.25) is 0 Å². The Kier molecular flexibility index (Phi) is 5.74. The molecule has 0 unspecified atom stereocenters. The van der Waals surface area contributed by atoms with Crippen molar-refractivity contribution in [3.8, 4) is 5.69 Å². The third-order valence-electron chi connectivity index (χ3n) is 4.05. The molecule has 4 nitrogen and oxygen atoms in total. The smallest absolute Gasteiger partial charge is 0.272 e. The van der Waals surface area contributed by atoms with Crippen LogP contribution in [0.1, 0.15) is 27.3 Å². The molecule has 3 rings (SSSR count). The Morgan fingerprint density at radius 3 is 2.38 bits per heavy atom. The molecule has 0 atom stereocenters. The highest BCUT2D eigenvalue weighted by Crippen LogP contribution is 2.26. The van der Waals surface area contributed by atoms with E-state index in [4.69, 9.17) is 0 Å². The Morgan fingerprint density at radius 2 is 1.69 bits per heavy atom. The van der Waals surface area contributed by atoms with Crippen LogP contribution in [0.4, 0.5) is 0 Å². The largest absolute Gasteiger partial charge is 0.317 e. The standard InChI is InChI=1S/C20H17Br2N3O/c1-13-11-15(14(2)25(13)19-10-6-5-9-18(19)22)12-23-24-20(26)16-7-3-4-8-17(16)21/h3-12H,1-2H3,(H,24,26)/b23-12+. The predicted octanol–water partition coefficient (Wildman–Crippen LogP) is 5.38. The van der Waals surface area contributed by atoms with Gasteiger partial charge in [-0.2, -0.15) is 5.10 Å². The van der Waals surface area contributed by atoms with Gasteiger partial charge in [0.25, 0.3) is 5.91 Å². The van der Waals surface area contributed by atoms with Crippen molar-refractivity contribution < 1.29 is 4.79 Å². The van der Waals surface area contributed by atoms with Crippen molar-refractivity contribution in [1.82, 2.24) is 9.99 Å². The van der Waals surface area contributed by atoms with E-state index in [2.05, 4.69) is 53.0 Å². The third kappa shape index (κ3) is 3.81. The molecule has 2 aromatic carbocycles. The molecule has 26 heavy (non-hydrogen) atoms. The van der Waals surface area contributed by atoms with Crippen molar-refractivity contribution in [2.45, 2.75) is 13.8 Å². The molecule has 0 saturated carbocycles. The zero-order chi connectivity index (χ0) is 18.7. The molecule has 1 amide bonds. The molecule has 1 N–H and O–H groups in total. The first-order valence-electron chi connectivity index (χ1n) is 8.01. The van der Waals surface area contributed by atoms with Gasteiger partial charge in [-0.3, -0.25) is 4.79 Å². The summed E-state index contributed by atoms with van der Waals surface area (Å²) in [5.74, 6) is -0.256. The van der Waals surface area contributed by atoms with Crippen molar-refractivity contribution >= 4 is 44.0 Å². The first-order chi connectivity index (χ1) is 12.5. The number of carbonyl (C=O) groups excluding carboxylic acids is 1. The van der Waals surface area contributed by atoms with Gasteiger partial charge < -0.3 is 4.57 Å². The highest BCUT2D eigenvalue weighted by atomic mass is 79.9. The van der Waals surface area contributed by atoms with Gasteiger partial charge in [0.05, 0.1) is 17.5 Å². The van der Waals surface area contributed by atoms with Gasteiger partial charge in [0, 0.05) is 25.9 Å². The number of aromatic nitrogens is 1. The number of hydrogen-bond acceptors (Lipinski definition) is 2. The maximum absolute atomic E-state index is 12.2. The van der Waals surface area contributed by atoms with Crippen molar-refractivity contribution in [2.24, 2.45) is 5.10 Å². The Labute approximate surface area is 169 Å². The Balaban J connectivity index is 1.82. The van der Waals surface area contributed by atoms with E-state index in [0.717, 1.165) is 31.6 Å². The molecule has 0 spiro atoms.